The second-order valence-electron chi connectivity index (χ2n) is 7.86. The molecule has 0 aliphatic carbocycles. The summed E-state index contributed by atoms with van der Waals surface area (Å²) < 4.78 is 39.7. The molecule has 0 saturated heterocycles. The third kappa shape index (κ3) is 4.85. The van der Waals surface area contributed by atoms with Gasteiger partial charge in [-0.1, -0.05) is 30.8 Å². The van der Waals surface area contributed by atoms with Gasteiger partial charge in [-0.05, 0) is 42.8 Å². The summed E-state index contributed by atoms with van der Waals surface area (Å²) in [4.78, 5) is 15.2. The molecule has 0 bridgehead atoms. The van der Waals surface area contributed by atoms with E-state index < -0.39 is 11.7 Å². The quantitative estimate of drug-likeness (QED) is 0.433. The fourth-order valence-corrected chi connectivity index (χ4v) is 3.79. The zero-order chi connectivity index (χ0) is 24.3. The van der Waals surface area contributed by atoms with E-state index in [-0.39, 0.29) is 0 Å². The summed E-state index contributed by atoms with van der Waals surface area (Å²) in [5.41, 5.74) is 3.56. The number of hydrogen-bond donors (Lipinski definition) is 1. The van der Waals surface area contributed by atoms with Crippen molar-refractivity contribution in [3.63, 3.8) is 0 Å². The van der Waals surface area contributed by atoms with Gasteiger partial charge >= 0.3 is 6.18 Å². The molecule has 0 spiro atoms. The zero-order valence-electron chi connectivity index (χ0n) is 18.9. The summed E-state index contributed by atoms with van der Waals surface area (Å²) in [6.45, 7) is 6.78. The van der Waals surface area contributed by atoms with Crippen molar-refractivity contribution < 1.29 is 13.2 Å². The topological polar surface area (TPSA) is 52.9 Å². The van der Waals surface area contributed by atoms with Crippen molar-refractivity contribution >= 4 is 29.6 Å². The van der Waals surface area contributed by atoms with Gasteiger partial charge in [-0.25, -0.2) is 4.98 Å². The van der Waals surface area contributed by atoms with Gasteiger partial charge in [0.2, 0.25) is 0 Å². The van der Waals surface area contributed by atoms with E-state index in [9.17, 15) is 13.2 Å². The maximum absolute atomic E-state index is 13.2. The first kappa shape index (κ1) is 23.2. The lowest BCUT2D eigenvalue weighted by molar-refractivity contribution is -0.137. The molecule has 0 saturated carbocycles. The number of nitrogens with one attached hydrogen (secondary N) is 1. The number of fused-ring (bicyclic) bond motifs is 1. The molecular weight excluding hydrogens is 439 g/mol. The smallest absolute Gasteiger partial charge is 0.342 e. The van der Waals surface area contributed by atoms with Gasteiger partial charge in [0.05, 0.1) is 11.3 Å². The summed E-state index contributed by atoms with van der Waals surface area (Å²) in [5, 5.41) is 3.36. The average molecular weight is 464 g/mol. The number of halogens is 3. The first-order valence-corrected chi connectivity index (χ1v) is 10.7. The van der Waals surface area contributed by atoms with E-state index in [1.807, 2.05) is 30.0 Å². The molecule has 5 nitrogen and oxygen atoms in total. The molecule has 8 heteroatoms. The van der Waals surface area contributed by atoms with Crippen molar-refractivity contribution in [1.82, 2.24) is 4.98 Å². The Balaban J connectivity index is 1.71. The van der Waals surface area contributed by atoms with Gasteiger partial charge in [0.15, 0.2) is 5.82 Å². The van der Waals surface area contributed by atoms with E-state index in [4.69, 9.17) is 4.98 Å². The van der Waals surface area contributed by atoms with Crippen molar-refractivity contribution in [2.24, 2.45) is 9.98 Å². The van der Waals surface area contributed by atoms with Gasteiger partial charge in [0, 0.05) is 49.3 Å². The Bertz CT molecular complexity index is 1280. The van der Waals surface area contributed by atoms with Crippen LogP contribution in [0.3, 0.4) is 0 Å². The Morgan fingerprint density at radius 2 is 1.94 bits per heavy atom. The van der Waals surface area contributed by atoms with Gasteiger partial charge in [0.25, 0.3) is 0 Å². The van der Waals surface area contributed by atoms with Crippen molar-refractivity contribution in [2.75, 3.05) is 23.8 Å². The van der Waals surface area contributed by atoms with Crippen molar-refractivity contribution in [1.29, 1.82) is 0 Å². The number of nitrogens with zero attached hydrogens (tertiary/aromatic N) is 4. The predicted octanol–water partition coefficient (Wildman–Crippen LogP) is 6.62. The van der Waals surface area contributed by atoms with Crippen LogP contribution in [0.5, 0.6) is 0 Å². The van der Waals surface area contributed by atoms with E-state index in [2.05, 4.69) is 21.9 Å². The lowest BCUT2D eigenvalue weighted by atomic mass is 10.1. The van der Waals surface area contributed by atoms with Gasteiger partial charge in [-0.15, -0.1) is 0 Å². The molecule has 3 aromatic rings. The second-order valence-corrected chi connectivity index (χ2v) is 7.86. The Labute approximate surface area is 196 Å². The predicted molar refractivity (Wildman–Crippen MR) is 132 cm³/mol. The first-order valence-electron chi connectivity index (χ1n) is 10.7. The summed E-state index contributed by atoms with van der Waals surface area (Å²) in [6.07, 6.45) is -0.176. The van der Waals surface area contributed by atoms with Gasteiger partial charge < -0.3 is 10.2 Å². The number of aromatic nitrogens is 1. The molecule has 1 aliphatic rings. The van der Waals surface area contributed by atoms with Crippen molar-refractivity contribution in [2.45, 2.75) is 19.5 Å². The van der Waals surface area contributed by atoms with Crippen LogP contribution in [0.15, 0.2) is 77.0 Å². The third-order valence-electron chi connectivity index (χ3n) is 5.50. The lowest BCUT2D eigenvalue weighted by Gasteiger charge is -2.27. The molecule has 0 fully saturated rings. The Kier molecular flexibility index (Phi) is 6.49. The lowest BCUT2D eigenvalue weighted by Crippen LogP contribution is -2.28. The molecule has 1 aromatic heterocycles. The number of aryl methyl sites for hydroxylation is 1. The van der Waals surface area contributed by atoms with Crippen LogP contribution < -0.4 is 10.2 Å². The third-order valence-corrected chi connectivity index (χ3v) is 5.50. The van der Waals surface area contributed by atoms with Crippen molar-refractivity contribution in [3.05, 3.63) is 83.7 Å². The summed E-state index contributed by atoms with van der Waals surface area (Å²) in [6, 6.07) is 14.5. The molecule has 1 N–H and O–H groups in total. The van der Waals surface area contributed by atoms with Gasteiger partial charge in [-0.2, -0.15) is 13.2 Å². The molecule has 1 aliphatic heterocycles. The highest BCUT2D eigenvalue weighted by Crippen LogP contribution is 2.36. The largest absolute Gasteiger partial charge is 0.416 e. The minimum Gasteiger partial charge on any atom is -0.342 e. The van der Waals surface area contributed by atoms with Crippen LogP contribution in [0.1, 0.15) is 23.1 Å². The number of alkyl halides is 3. The molecule has 34 heavy (non-hydrogen) atoms. The summed E-state index contributed by atoms with van der Waals surface area (Å²) in [5.74, 6) is 1.11. The summed E-state index contributed by atoms with van der Waals surface area (Å²) >= 11 is 0. The number of anilines is 2. The Morgan fingerprint density at radius 1 is 1.15 bits per heavy atom. The normalized spacial score (nSPS) is 13.6. The van der Waals surface area contributed by atoms with E-state index >= 15 is 0 Å². The zero-order valence-corrected chi connectivity index (χ0v) is 18.9. The number of benzene rings is 2. The maximum Gasteiger partial charge on any atom is 0.416 e. The van der Waals surface area contributed by atoms with E-state index in [0.29, 0.717) is 41.5 Å². The fraction of sp³-hybridized carbons (Fsp3) is 0.192. The van der Waals surface area contributed by atoms with Crippen LogP contribution in [0, 0.1) is 6.92 Å². The molecule has 2 aromatic carbocycles. The van der Waals surface area contributed by atoms with Crippen LogP contribution >= 0.6 is 0 Å². The monoisotopic (exact) mass is 463 g/mol. The van der Waals surface area contributed by atoms with Crippen LogP contribution in [-0.4, -0.2) is 31.0 Å². The highest BCUT2D eigenvalue weighted by Gasteiger charge is 2.30. The van der Waals surface area contributed by atoms with Crippen LogP contribution in [0.25, 0.3) is 11.3 Å². The Morgan fingerprint density at radius 3 is 2.71 bits per heavy atom. The highest BCUT2D eigenvalue weighted by molar-refractivity contribution is 5.90. The van der Waals surface area contributed by atoms with Crippen LogP contribution in [0.2, 0.25) is 0 Å². The molecule has 4 rings (SSSR count). The van der Waals surface area contributed by atoms with Crippen LogP contribution in [-0.2, 0) is 6.18 Å². The highest BCUT2D eigenvalue weighted by atomic mass is 19.4. The van der Waals surface area contributed by atoms with Crippen molar-refractivity contribution in [3.8, 4) is 11.3 Å². The molecule has 174 valence electrons. The Hall–Kier alpha value is -3.94. The molecule has 0 atom stereocenters. The molecule has 0 unspecified atom stereocenters. The van der Waals surface area contributed by atoms with Gasteiger partial charge in [0.1, 0.15) is 11.5 Å². The molecule has 0 amide bonds. The standard InChI is InChI=1S/C26H24F3N5/c1-17-7-4-10-23(21(17)16-30-3)32-18(2)34-14-6-13-31-24-12-11-22(33-25(24)34)19-8-5-9-20(15-19)26(27,28)29/h4-5,7-13,15-16,32H,2,6,14H2,1,3H3. The molecule has 0 radical (unpaired) electrons. The minimum absolute atomic E-state index is 0.379. The number of hydrogen-bond acceptors (Lipinski definition) is 5. The molecule has 2 heterocycles. The SMILES string of the molecule is C=C(Nc1cccc(C)c1C=NC)N1CCC=Nc2ccc(-c3cccc(C(F)(F)F)c3)nc21. The first-order chi connectivity index (χ1) is 16.3. The average Bonchev–Trinajstić information content (AvgIpc) is 3.03. The fourth-order valence-electron chi connectivity index (χ4n) is 3.79. The van der Waals surface area contributed by atoms with E-state index in [0.717, 1.165) is 28.9 Å². The maximum atomic E-state index is 13.2. The second kappa shape index (κ2) is 9.51. The van der Waals surface area contributed by atoms with Crippen LogP contribution in [0.4, 0.5) is 30.4 Å². The molecular formula is C26H24F3N5. The number of rotatable bonds is 5. The number of pyridine rings is 1. The van der Waals surface area contributed by atoms with E-state index in [1.54, 1.807) is 37.7 Å². The number of aliphatic imine (C=N–C) groups is 2. The minimum atomic E-state index is -4.43. The van der Waals surface area contributed by atoms with E-state index in [1.165, 1.54) is 6.07 Å². The van der Waals surface area contributed by atoms with Gasteiger partial charge in [-0.3, -0.25) is 9.98 Å². The summed E-state index contributed by atoms with van der Waals surface area (Å²) in [7, 11) is 1.71.